The second kappa shape index (κ2) is 11.6. The van der Waals surface area contributed by atoms with Gasteiger partial charge in [0.05, 0.1) is 33.5 Å². The van der Waals surface area contributed by atoms with E-state index in [4.69, 9.17) is 9.97 Å². The Kier molecular flexibility index (Phi) is 7.25. The molecule has 0 saturated carbocycles. The Bertz CT molecular complexity index is 2140. The predicted molar refractivity (Wildman–Crippen MR) is 176 cm³/mol. The number of pyridine rings is 1. The van der Waals surface area contributed by atoms with Crippen LogP contribution < -0.4 is 4.90 Å². The lowest BCUT2D eigenvalue weighted by Crippen LogP contribution is -2.10. The lowest BCUT2D eigenvalue weighted by molar-refractivity contribution is -0.137. The van der Waals surface area contributed by atoms with E-state index in [1.807, 2.05) is 101 Å². The zero-order valence-electron chi connectivity index (χ0n) is 24.6. The van der Waals surface area contributed by atoms with Crippen LogP contribution in [-0.2, 0) is 13.2 Å². The normalized spacial score (nSPS) is 11.6. The van der Waals surface area contributed by atoms with Gasteiger partial charge in [-0.05, 0) is 66.7 Å². The molecule has 0 aliphatic carbocycles. The maximum absolute atomic E-state index is 14.4. The summed E-state index contributed by atoms with van der Waals surface area (Å²) in [5.74, 6) is 0.546. The van der Waals surface area contributed by atoms with E-state index >= 15 is 0 Å². The Hall–Kier alpha value is -5.89. The molecule has 8 heteroatoms. The summed E-state index contributed by atoms with van der Waals surface area (Å²) in [6, 6.07) is 41.3. The summed E-state index contributed by atoms with van der Waals surface area (Å²) in [5.41, 5.74) is 4.78. The number of alkyl halides is 3. The minimum Gasteiger partial charge on any atom is -0.507 e. The molecule has 0 aliphatic heterocycles. The van der Waals surface area contributed by atoms with Gasteiger partial charge in [0.1, 0.15) is 11.6 Å². The van der Waals surface area contributed by atoms with Crippen molar-refractivity contribution in [1.82, 2.24) is 14.5 Å². The average Bonchev–Trinajstić information content (AvgIpc) is 3.41. The number of aromatic nitrogens is 3. The van der Waals surface area contributed by atoms with Gasteiger partial charge in [-0.2, -0.15) is 13.2 Å². The highest BCUT2D eigenvalue weighted by molar-refractivity contribution is 5.94. The van der Waals surface area contributed by atoms with Crippen molar-refractivity contribution in [3.05, 3.63) is 145 Å². The molecule has 2 heterocycles. The van der Waals surface area contributed by atoms with Gasteiger partial charge in [0.25, 0.3) is 0 Å². The van der Waals surface area contributed by atoms with Gasteiger partial charge in [-0.15, -0.1) is 0 Å². The molecule has 2 aromatic heterocycles. The predicted octanol–water partition coefficient (Wildman–Crippen LogP) is 10.2. The van der Waals surface area contributed by atoms with Crippen LogP contribution in [-0.4, -0.2) is 19.6 Å². The van der Waals surface area contributed by atoms with Crippen LogP contribution in [0.1, 0.15) is 5.56 Å². The van der Waals surface area contributed by atoms with E-state index in [2.05, 4.69) is 0 Å². The number of halogens is 3. The van der Waals surface area contributed by atoms with E-state index in [1.165, 1.54) is 0 Å². The van der Waals surface area contributed by atoms with Gasteiger partial charge in [-0.3, -0.25) is 0 Å². The quantitative estimate of drug-likeness (QED) is 0.203. The van der Waals surface area contributed by atoms with Crippen LogP contribution in [0.5, 0.6) is 5.75 Å². The number of aryl methyl sites for hydroxylation is 1. The SMILES string of the molecule is Cn1c(-c2ccccc2O)nc2c(-c3cc(C(F)(F)F)cc(-c4cccc(N(c5ccccc5)c5ccccc5)c4)n3)cccc21. The molecule has 226 valence electrons. The molecule has 0 spiro atoms. The molecule has 0 saturated heterocycles. The largest absolute Gasteiger partial charge is 0.507 e. The molecule has 0 bridgehead atoms. The molecular formula is C38H27F3N4O. The van der Waals surface area contributed by atoms with Crippen molar-refractivity contribution in [1.29, 1.82) is 0 Å². The fourth-order valence-electron chi connectivity index (χ4n) is 5.71. The molecule has 1 N–H and O–H groups in total. The summed E-state index contributed by atoms with van der Waals surface area (Å²) >= 11 is 0. The van der Waals surface area contributed by atoms with Crippen LogP contribution in [0.3, 0.4) is 0 Å². The number of rotatable bonds is 6. The van der Waals surface area contributed by atoms with Crippen molar-refractivity contribution in [3.63, 3.8) is 0 Å². The molecule has 7 aromatic rings. The fraction of sp³-hybridized carbons (Fsp3) is 0.0526. The minimum absolute atomic E-state index is 0.0573. The molecular weight excluding hydrogens is 585 g/mol. The van der Waals surface area contributed by atoms with Crippen molar-refractivity contribution in [2.24, 2.45) is 7.05 Å². The van der Waals surface area contributed by atoms with Crippen LogP contribution in [0, 0.1) is 0 Å². The molecule has 0 fully saturated rings. The number of benzene rings is 5. The number of anilines is 3. The zero-order valence-corrected chi connectivity index (χ0v) is 24.6. The smallest absolute Gasteiger partial charge is 0.416 e. The first-order chi connectivity index (χ1) is 22.3. The van der Waals surface area contributed by atoms with E-state index < -0.39 is 11.7 Å². The van der Waals surface area contributed by atoms with Gasteiger partial charge < -0.3 is 14.6 Å². The molecule has 5 aromatic carbocycles. The summed E-state index contributed by atoms with van der Waals surface area (Å²) in [7, 11) is 1.81. The summed E-state index contributed by atoms with van der Waals surface area (Å²) in [5, 5.41) is 10.5. The first kappa shape index (κ1) is 28.9. The van der Waals surface area contributed by atoms with Crippen LogP contribution >= 0.6 is 0 Å². The number of imidazole rings is 1. The van der Waals surface area contributed by atoms with E-state index in [0.717, 1.165) is 29.2 Å². The Morgan fingerprint density at radius 3 is 1.87 bits per heavy atom. The number of phenolic OH excluding ortho intramolecular Hbond substituents is 1. The van der Waals surface area contributed by atoms with Crippen molar-refractivity contribution in [2.45, 2.75) is 6.18 Å². The Labute approximate surface area is 263 Å². The number of hydrogen-bond donors (Lipinski definition) is 1. The van der Waals surface area contributed by atoms with E-state index in [0.29, 0.717) is 33.5 Å². The first-order valence-corrected chi connectivity index (χ1v) is 14.6. The average molecular weight is 613 g/mol. The molecule has 46 heavy (non-hydrogen) atoms. The maximum atomic E-state index is 14.4. The standard InChI is InChI=1S/C38H27F3N4O/c1-44-34-20-11-19-30(36(34)43-37(44)31-18-8-9-21-35(31)46)33-24-26(38(39,40)41)23-32(42-33)25-12-10-17-29(22-25)45(27-13-4-2-5-14-27)28-15-6-3-7-16-28/h2-24,46H,1H3. The van der Waals surface area contributed by atoms with Crippen molar-refractivity contribution < 1.29 is 18.3 Å². The first-order valence-electron chi connectivity index (χ1n) is 14.6. The number of phenols is 1. The molecule has 0 aliphatic rings. The summed E-state index contributed by atoms with van der Waals surface area (Å²) in [6.07, 6.45) is -4.61. The Morgan fingerprint density at radius 1 is 0.609 bits per heavy atom. The summed E-state index contributed by atoms with van der Waals surface area (Å²) < 4.78 is 45.0. The number of para-hydroxylation sites is 4. The van der Waals surface area contributed by atoms with Crippen LogP contribution in [0.25, 0.3) is 44.9 Å². The molecule has 0 amide bonds. The zero-order chi connectivity index (χ0) is 31.8. The molecule has 5 nitrogen and oxygen atoms in total. The van der Waals surface area contributed by atoms with Gasteiger partial charge in [0.2, 0.25) is 0 Å². The van der Waals surface area contributed by atoms with Crippen molar-refractivity contribution in [3.8, 4) is 39.7 Å². The second-order valence-electron chi connectivity index (χ2n) is 10.9. The number of nitrogens with zero attached hydrogens (tertiary/aromatic N) is 4. The van der Waals surface area contributed by atoms with E-state index in [9.17, 15) is 18.3 Å². The van der Waals surface area contributed by atoms with Gasteiger partial charge in [0, 0.05) is 35.2 Å². The summed E-state index contributed by atoms with van der Waals surface area (Å²) in [4.78, 5) is 11.6. The van der Waals surface area contributed by atoms with Gasteiger partial charge in [0.15, 0.2) is 0 Å². The molecule has 0 unspecified atom stereocenters. The number of hydrogen-bond acceptors (Lipinski definition) is 4. The number of aromatic hydroxyl groups is 1. The monoisotopic (exact) mass is 612 g/mol. The van der Waals surface area contributed by atoms with Gasteiger partial charge >= 0.3 is 6.18 Å². The maximum Gasteiger partial charge on any atom is 0.416 e. The van der Waals surface area contributed by atoms with Gasteiger partial charge in [-0.25, -0.2) is 9.97 Å². The lowest BCUT2D eigenvalue weighted by atomic mass is 10.0. The third-order valence-electron chi connectivity index (χ3n) is 7.91. The third kappa shape index (κ3) is 5.34. The third-order valence-corrected chi connectivity index (χ3v) is 7.91. The van der Waals surface area contributed by atoms with E-state index in [1.54, 1.807) is 42.5 Å². The number of fused-ring (bicyclic) bond motifs is 1. The highest BCUT2D eigenvalue weighted by atomic mass is 19.4. The van der Waals surface area contributed by atoms with Crippen molar-refractivity contribution in [2.75, 3.05) is 4.90 Å². The minimum atomic E-state index is -4.61. The highest BCUT2D eigenvalue weighted by Gasteiger charge is 2.32. The topological polar surface area (TPSA) is 54.2 Å². The highest BCUT2D eigenvalue weighted by Crippen LogP contribution is 2.40. The van der Waals surface area contributed by atoms with Gasteiger partial charge in [-0.1, -0.05) is 72.8 Å². The Morgan fingerprint density at radius 2 is 1.20 bits per heavy atom. The Balaban J connectivity index is 1.39. The molecule has 7 rings (SSSR count). The van der Waals surface area contributed by atoms with Crippen LogP contribution in [0.15, 0.2) is 140 Å². The summed E-state index contributed by atoms with van der Waals surface area (Å²) in [6.45, 7) is 0. The second-order valence-corrected chi connectivity index (χ2v) is 10.9. The molecule has 0 radical (unpaired) electrons. The fourth-order valence-corrected chi connectivity index (χ4v) is 5.71. The van der Waals surface area contributed by atoms with Crippen LogP contribution in [0.2, 0.25) is 0 Å². The lowest BCUT2D eigenvalue weighted by Gasteiger charge is -2.26. The van der Waals surface area contributed by atoms with E-state index in [-0.39, 0.29) is 17.1 Å². The van der Waals surface area contributed by atoms with Crippen LogP contribution in [0.4, 0.5) is 30.2 Å². The molecule has 0 atom stereocenters. The van der Waals surface area contributed by atoms with Crippen molar-refractivity contribution >= 4 is 28.1 Å².